The highest BCUT2D eigenvalue weighted by molar-refractivity contribution is 6.20. The van der Waals surface area contributed by atoms with E-state index < -0.39 is 12.6 Å². The van der Waals surface area contributed by atoms with Crippen molar-refractivity contribution in [3.63, 3.8) is 0 Å². The molecule has 0 amide bonds. The fourth-order valence-corrected chi connectivity index (χ4v) is 2.10. The number of nitrogens with one attached hydrogen (secondary N) is 1. The summed E-state index contributed by atoms with van der Waals surface area (Å²) >= 11 is 5.93. The van der Waals surface area contributed by atoms with Gasteiger partial charge in [0.15, 0.2) is 0 Å². The summed E-state index contributed by atoms with van der Waals surface area (Å²) in [6.07, 6.45) is -0.623. The van der Waals surface area contributed by atoms with Crippen LogP contribution in [0.2, 0.25) is 0 Å². The molecule has 0 aromatic rings. The predicted octanol–water partition coefficient (Wildman–Crippen LogP) is 3.47. The molecule has 1 rings (SSSR count). The molecule has 0 saturated heterocycles. The number of alkyl halides is 4. The van der Waals surface area contributed by atoms with Gasteiger partial charge in [0.1, 0.15) is 0 Å². The van der Waals surface area contributed by atoms with E-state index in [1.807, 2.05) is 0 Å². The van der Waals surface area contributed by atoms with Crippen LogP contribution in [0.5, 0.6) is 0 Å². The Hall–Kier alpha value is 0.0400. The van der Waals surface area contributed by atoms with Crippen LogP contribution in [0.1, 0.15) is 38.5 Å². The van der Waals surface area contributed by atoms with Crippen LogP contribution in [0.4, 0.5) is 13.2 Å². The summed E-state index contributed by atoms with van der Waals surface area (Å²) < 4.78 is 35.5. The van der Waals surface area contributed by atoms with Gasteiger partial charge in [0.2, 0.25) is 0 Å². The van der Waals surface area contributed by atoms with Gasteiger partial charge in [0.25, 0.3) is 0 Å². The van der Waals surface area contributed by atoms with Crippen molar-refractivity contribution in [2.45, 2.75) is 56.1 Å². The van der Waals surface area contributed by atoms with Crippen molar-refractivity contribution in [1.29, 1.82) is 0 Å². The van der Waals surface area contributed by atoms with E-state index in [-0.39, 0.29) is 11.8 Å². The molecule has 0 spiro atoms. The van der Waals surface area contributed by atoms with E-state index in [1.165, 1.54) is 0 Å². The van der Waals surface area contributed by atoms with Crippen molar-refractivity contribution in [3.8, 4) is 0 Å². The van der Waals surface area contributed by atoms with Gasteiger partial charge in [-0.25, -0.2) is 0 Å². The number of hydrogen-bond donors (Lipinski definition) is 1. The molecule has 0 aromatic heterocycles. The zero-order chi connectivity index (χ0) is 11.3. The molecule has 1 fully saturated rings. The average Bonchev–Trinajstić information content (AvgIpc) is 2.14. The van der Waals surface area contributed by atoms with Crippen molar-refractivity contribution in [2.75, 3.05) is 6.54 Å². The van der Waals surface area contributed by atoms with Crippen LogP contribution < -0.4 is 5.32 Å². The SMILES string of the molecule is FC(F)(F)CCCNC1CCC(Cl)CC1. The standard InChI is InChI=1S/C10H17ClF3N/c11-8-2-4-9(5-3-8)15-7-1-6-10(12,13)14/h8-9,15H,1-7H2. The lowest BCUT2D eigenvalue weighted by Crippen LogP contribution is -2.34. The third-order valence-corrected chi connectivity index (χ3v) is 3.16. The van der Waals surface area contributed by atoms with Crippen LogP contribution in [0.25, 0.3) is 0 Å². The Kier molecular flexibility index (Phi) is 5.19. The zero-order valence-electron chi connectivity index (χ0n) is 8.62. The van der Waals surface area contributed by atoms with Gasteiger partial charge in [-0.1, -0.05) is 0 Å². The summed E-state index contributed by atoms with van der Waals surface area (Å²) in [5.41, 5.74) is 0. The number of halogens is 4. The van der Waals surface area contributed by atoms with Gasteiger partial charge in [0.05, 0.1) is 0 Å². The molecule has 1 saturated carbocycles. The van der Waals surface area contributed by atoms with E-state index in [0.29, 0.717) is 12.6 Å². The van der Waals surface area contributed by atoms with Gasteiger partial charge in [0, 0.05) is 17.8 Å². The molecular formula is C10H17ClF3N. The summed E-state index contributed by atoms with van der Waals surface area (Å²) in [5.74, 6) is 0. The lowest BCUT2D eigenvalue weighted by Gasteiger charge is -2.25. The first-order valence-electron chi connectivity index (χ1n) is 5.41. The molecule has 1 aliphatic carbocycles. The predicted molar refractivity (Wildman–Crippen MR) is 55.2 cm³/mol. The first-order chi connectivity index (χ1) is 6.97. The van der Waals surface area contributed by atoms with Gasteiger partial charge >= 0.3 is 6.18 Å². The molecule has 0 aliphatic heterocycles. The van der Waals surface area contributed by atoms with Crippen LogP contribution in [0, 0.1) is 0 Å². The highest BCUT2D eigenvalue weighted by atomic mass is 35.5. The largest absolute Gasteiger partial charge is 0.389 e. The fraction of sp³-hybridized carbons (Fsp3) is 1.00. The summed E-state index contributed by atoms with van der Waals surface area (Å²) in [5, 5.41) is 3.42. The van der Waals surface area contributed by atoms with E-state index in [9.17, 15) is 13.2 Å². The first kappa shape index (κ1) is 13.1. The maximum absolute atomic E-state index is 11.8. The molecule has 0 unspecified atom stereocenters. The molecule has 0 heterocycles. The quantitative estimate of drug-likeness (QED) is 0.589. The minimum absolute atomic E-state index is 0.171. The third kappa shape index (κ3) is 6.25. The third-order valence-electron chi connectivity index (χ3n) is 2.73. The second-order valence-electron chi connectivity index (χ2n) is 4.12. The molecule has 1 nitrogen and oxygen atoms in total. The van der Waals surface area contributed by atoms with Gasteiger partial charge in [-0.15, -0.1) is 11.6 Å². The maximum Gasteiger partial charge on any atom is 0.389 e. The van der Waals surface area contributed by atoms with Crippen LogP contribution >= 0.6 is 11.6 Å². The highest BCUT2D eigenvalue weighted by Crippen LogP contribution is 2.23. The number of rotatable bonds is 4. The molecule has 0 radical (unpaired) electrons. The summed E-state index contributed by atoms with van der Waals surface area (Å²) in [4.78, 5) is 0. The highest BCUT2D eigenvalue weighted by Gasteiger charge is 2.26. The molecule has 90 valence electrons. The molecular weight excluding hydrogens is 227 g/mol. The normalized spacial score (nSPS) is 28.0. The molecule has 1 N–H and O–H groups in total. The minimum Gasteiger partial charge on any atom is -0.314 e. The molecule has 0 aromatic carbocycles. The molecule has 0 bridgehead atoms. The summed E-state index contributed by atoms with van der Waals surface area (Å²) in [6.45, 7) is 0.455. The van der Waals surface area contributed by atoms with Crippen molar-refractivity contribution in [2.24, 2.45) is 0 Å². The Morgan fingerprint density at radius 1 is 1.13 bits per heavy atom. The van der Waals surface area contributed by atoms with Crippen molar-refractivity contribution >= 4 is 11.6 Å². The second kappa shape index (κ2) is 5.94. The Balaban J connectivity index is 2.01. The molecule has 5 heteroatoms. The van der Waals surface area contributed by atoms with Crippen molar-refractivity contribution in [3.05, 3.63) is 0 Å². The second-order valence-corrected chi connectivity index (χ2v) is 4.74. The topological polar surface area (TPSA) is 12.0 Å². The van der Waals surface area contributed by atoms with E-state index in [2.05, 4.69) is 5.32 Å². The first-order valence-corrected chi connectivity index (χ1v) is 5.85. The van der Waals surface area contributed by atoms with Crippen LogP contribution in [-0.4, -0.2) is 24.1 Å². The van der Waals surface area contributed by atoms with Gasteiger partial charge < -0.3 is 5.32 Å². The number of hydrogen-bond acceptors (Lipinski definition) is 1. The maximum atomic E-state index is 11.8. The Bertz CT molecular complexity index is 176. The Morgan fingerprint density at radius 2 is 1.73 bits per heavy atom. The van der Waals surface area contributed by atoms with Gasteiger partial charge in [-0.2, -0.15) is 13.2 Å². The smallest absolute Gasteiger partial charge is 0.314 e. The molecule has 0 atom stereocenters. The Morgan fingerprint density at radius 3 is 2.27 bits per heavy atom. The lowest BCUT2D eigenvalue weighted by atomic mass is 9.95. The fourth-order valence-electron chi connectivity index (χ4n) is 1.85. The molecule has 15 heavy (non-hydrogen) atoms. The van der Waals surface area contributed by atoms with E-state index >= 15 is 0 Å². The summed E-state index contributed by atoms with van der Waals surface area (Å²) in [6, 6.07) is 0.369. The van der Waals surface area contributed by atoms with E-state index in [1.54, 1.807) is 0 Å². The van der Waals surface area contributed by atoms with Crippen molar-refractivity contribution < 1.29 is 13.2 Å². The van der Waals surface area contributed by atoms with Crippen LogP contribution in [0.15, 0.2) is 0 Å². The Labute approximate surface area is 93.4 Å². The van der Waals surface area contributed by atoms with E-state index in [4.69, 9.17) is 11.6 Å². The van der Waals surface area contributed by atoms with Crippen LogP contribution in [-0.2, 0) is 0 Å². The van der Waals surface area contributed by atoms with E-state index in [0.717, 1.165) is 25.7 Å². The monoisotopic (exact) mass is 243 g/mol. The lowest BCUT2D eigenvalue weighted by molar-refractivity contribution is -0.135. The van der Waals surface area contributed by atoms with Gasteiger partial charge in [-0.3, -0.25) is 0 Å². The average molecular weight is 244 g/mol. The minimum atomic E-state index is -4.02. The van der Waals surface area contributed by atoms with Gasteiger partial charge in [-0.05, 0) is 38.6 Å². The molecule has 1 aliphatic rings. The van der Waals surface area contributed by atoms with Crippen molar-refractivity contribution in [1.82, 2.24) is 5.32 Å². The van der Waals surface area contributed by atoms with Crippen LogP contribution in [0.3, 0.4) is 0 Å². The zero-order valence-corrected chi connectivity index (χ0v) is 9.37. The summed E-state index contributed by atoms with van der Waals surface area (Å²) in [7, 11) is 0.